The van der Waals surface area contributed by atoms with Gasteiger partial charge in [0.15, 0.2) is 0 Å². The molecule has 1 aliphatic rings. The van der Waals surface area contributed by atoms with Gasteiger partial charge in [-0.2, -0.15) is 17.0 Å². The van der Waals surface area contributed by atoms with Gasteiger partial charge in [0, 0.05) is 11.0 Å². The molecule has 0 bridgehead atoms. The summed E-state index contributed by atoms with van der Waals surface area (Å²) >= 11 is 1.67. The fraction of sp³-hybridized carbons (Fsp3) is 0.917. The van der Waals surface area contributed by atoms with E-state index < -0.39 is 6.10 Å². The molecular formula is C12H22N2O2S. The first-order chi connectivity index (χ1) is 8.15. The lowest BCUT2D eigenvalue weighted by molar-refractivity contribution is 0.113. The predicted octanol–water partition coefficient (Wildman–Crippen LogP) is 0.887. The number of hydrogen-bond acceptors (Lipinski definition) is 5. The van der Waals surface area contributed by atoms with Gasteiger partial charge in [-0.25, -0.2) is 0 Å². The van der Waals surface area contributed by atoms with Gasteiger partial charge in [0.1, 0.15) is 5.54 Å². The normalized spacial score (nSPS) is 30.1. The summed E-state index contributed by atoms with van der Waals surface area (Å²) in [6, 6.07) is 2.41. The SMILES string of the molecule is CCCNC1(C#N)CCC(SCC(O)CO)C1. The Morgan fingerprint density at radius 2 is 2.41 bits per heavy atom. The van der Waals surface area contributed by atoms with Crippen LogP contribution in [0.25, 0.3) is 0 Å². The maximum atomic E-state index is 9.30. The highest BCUT2D eigenvalue weighted by atomic mass is 32.2. The highest BCUT2D eigenvalue weighted by molar-refractivity contribution is 7.99. The van der Waals surface area contributed by atoms with Crippen LogP contribution in [0.1, 0.15) is 32.6 Å². The standard InChI is InChI=1S/C12H22N2O2S/c1-2-5-14-12(9-13)4-3-11(6-12)17-8-10(16)7-15/h10-11,14-16H,2-8H2,1H3. The molecule has 98 valence electrons. The Morgan fingerprint density at radius 3 is 3.00 bits per heavy atom. The monoisotopic (exact) mass is 258 g/mol. The van der Waals surface area contributed by atoms with Crippen molar-refractivity contribution in [2.24, 2.45) is 0 Å². The molecular weight excluding hydrogens is 236 g/mol. The Morgan fingerprint density at radius 1 is 1.65 bits per heavy atom. The molecule has 0 heterocycles. The van der Waals surface area contributed by atoms with Crippen molar-refractivity contribution in [3.05, 3.63) is 0 Å². The number of aliphatic hydroxyl groups excluding tert-OH is 2. The van der Waals surface area contributed by atoms with Crippen LogP contribution in [-0.4, -0.2) is 46.0 Å². The third kappa shape index (κ3) is 4.47. The van der Waals surface area contributed by atoms with E-state index in [1.165, 1.54) is 0 Å². The second kappa shape index (κ2) is 7.22. The summed E-state index contributed by atoms with van der Waals surface area (Å²) in [6.07, 6.45) is 3.13. The van der Waals surface area contributed by atoms with Gasteiger partial charge in [-0.1, -0.05) is 6.92 Å². The topological polar surface area (TPSA) is 76.3 Å². The van der Waals surface area contributed by atoms with Crippen molar-refractivity contribution in [1.29, 1.82) is 5.26 Å². The van der Waals surface area contributed by atoms with E-state index in [2.05, 4.69) is 18.3 Å². The Balaban J connectivity index is 2.36. The zero-order valence-corrected chi connectivity index (χ0v) is 11.2. The molecule has 1 aliphatic carbocycles. The fourth-order valence-corrected chi connectivity index (χ4v) is 3.39. The van der Waals surface area contributed by atoms with Crippen LogP contribution < -0.4 is 5.32 Å². The van der Waals surface area contributed by atoms with Crippen LogP contribution >= 0.6 is 11.8 Å². The van der Waals surface area contributed by atoms with E-state index in [9.17, 15) is 10.4 Å². The molecule has 3 unspecified atom stereocenters. The number of rotatable bonds is 7. The van der Waals surface area contributed by atoms with E-state index in [4.69, 9.17) is 5.11 Å². The third-order valence-corrected chi connectivity index (χ3v) is 4.58. The van der Waals surface area contributed by atoms with Gasteiger partial charge >= 0.3 is 0 Å². The van der Waals surface area contributed by atoms with Gasteiger partial charge in [-0.15, -0.1) is 0 Å². The molecule has 4 nitrogen and oxygen atoms in total. The van der Waals surface area contributed by atoms with Crippen molar-refractivity contribution in [3.8, 4) is 6.07 Å². The summed E-state index contributed by atoms with van der Waals surface area (Å²) in [4.78, 5) is 0. The van der Waals surface area contributed by atoms with E-state index in [1.807, 2.05) is 0 Å². The van der Waals surface area contributed by atoms with Crippen molar-refractivity contribution in [1.82, 2.24) is 5.32 Å². The van der Waals surface area contributed by atoms with Gasteiger partial charge in [-0.3, -0.25) is 5.32 Å². The zero-order chi connectivity index (χ0) is 12.7. The molecule has 17 heavy (non-hydrogen) atoms. The maximum Gasteiger partial charge on any atom is 0.107 e. The molecule has 3 N–H and O–H groups in total. The van der Waals surface area contributed by atoms with Crippen LogP contribution in [0.2, 0.25) is 0 Å². The van der Waals surface area contributed by atoms with E-state index in [1.54, 1.807) is 11.8 Å². The lowest BCUT2D eigenvalue weighted by Gasteiger charge is -2.22. The molecule has 3 atom stereocenters. The summed E-state index contributed by atoms with van der Waals surface area (Å²) in [6.45, 7) is 2.79. The van der Waals surface area contributed by atoms with Gasteiger partial charge in [0.2, 0.25) is 0 Å². The van der Waals surface area contributed by atoms with Gasteiger partial charge in [-0.05, 0) is 32.2 Å². The van der Waals surface area contributed by atoms with Crippen molar-refractivity contribution in [3.63, 3.8) is 0 Å². The second-order valence-electron chi connectivity index (χ2n) is 4.66. The van der Waals surface area contributed by atoms with E-state index in [0.29, 0.717) is 11.0 Å². The summed E-state index contributed by atoms with van der Waals surface area (Å²) in [5, 5.41) is 31.1. The second-order valence-corrected chi connectivity index (χ2v) is 5.99. The number of nitrogens with one attached hydrogen (secondary N) is 1. The first-order valence-corrected chi connectivity index (χ1v) is 7.27. The Labute approximate surface area is 107 Å². The van der Waals surface area contributed by atoms with Crippen molar-refractivity contribution in [2.75, 3.05) is 18.9 Å². The number of nitriles is 1. The molecule has 1 fully saturated rings. The quantitative estimate of drug-likeness (QED) is 0.632. The molecule has 0 aromatic carbocycles. The number of thioether (sulfide) groups is 1. The predicted molar refractivity (Wildman–Crippen MR) is 69.8 cm³/mol. The molecule has 0 aromatic heterocycles. The van der Waals surface area contributed by atoms with Crippen LogP contribution in [0, 0.1) is 11.3 Å². The molecule has 0 aromatic rings. The lowest BCUT2D eigenvalue weighted by Crippen LogP contribution is -2.42. The Hall–Kier alpha value is -0.280. The van der Waals surface area contributed by atoms with Crippen molar-refractivity contribution >= 4 is 11.8 Å². The molecule has 0 spiro atoms. The number of nitrogens with zero attached hydrogens (tertiary/aromatic N) is 1. The van der Waals surface area contributed by atoms with E-state index >= 15 is 0 Å². The van der Waals surface area contributed by atoms with Crippen LogP contribution in [0.3, 0.4) is 0 Å². The third-order valence-electron chi connectivity index (χ3n) is 3.13. The fourth-order valence-electron chi connectivity index (χ4n) is 2.11. The minimum absolute atomic E-state index is 0.183. The lowest BCUT2D eigenvalue weighted by atomic mass is 10.00. The van der Waals surface area contributed by atoms with E-state index in [0.717, 1.165) is 32.2 Å². The molecule has 0 amide bonds. The zero-order valence-electron chi connectivity index (χ0n) is 10.4. The average molecular weight is 258 g/mol. The van der Waals surface area contributed by atoms with Gasteiger partial charge in [0.25, 0.3) is 0 Å². The summed E-state index contributed by atoms with van der Waals surface area (Å²) in [7, 11) is 0. The minimum atomic E-state index is -0.638. The van der Waals surface area contributed by atoms with Crippen molar-refractivity contribution in [2.45, 2.75) is 49.5 Å². The highest BCUT2D eigenvalue weighted by Gasteiger charge is 2.39. The number of hydrogen-bond donors (Lipinski definition) is 3. The highest BCUT2D eigenvalue weighted by Crippen LogP contribution is 2.37. The van der Waals surface area contributed by atoms with E-state index in [-0.39, 0.29) is 12.1 Å². The molecule has 1 rings (SSSR count). The van der Waals surface area contributed by atoms with Gasteiger partial charge < -0.3 is 10.2 Å². The van der Waals surface area contributed by atoms with Crippen LogP contribution in [0.15, 0.2) is 0 Å². The maximum absolute atomic E-state index is 9.30. The van der Waals surface area contributed by atoms with Gasteiger partial charge in [0.05, 0.1) is 18.8 Å². The summed E-state index contributed by atoms with van der Waals surface area (Å²) in [5.74, 6) is 0.552. The largest absolute Gasteiger partial charge is 0.394 e. The summed E-state index contributed by atoms with van der Waals surface area (Å²) in [5.41, 5.74) is -0.363. The first kappa shape index (κ1) is 14.8. The average Bonchev–Trinajstić information content (AvgIpc) is 2.78. The molecule has 0 saturated heterocycles. The summed E-state index contributed by atoms with van der Waals surface area (Å²) < 4.78 is 0. The van der Waals surface area contributed by atoms with Crippen molar-refractivity contribution < 1.29 is 10.2 Å². The molecule has 0 radical (unpaired) electrons. The minimum Gasteiger partial charge on any atom is -0.394 e. The Bertz CT molecular complexity index is 270. The Kier molecular flexibility index (Phi) is 6.28. The molecule has 0 aliphatic heterocycles. The smallest absolute Gasteiger partial charge is 0.107 e. The van der Waals surface area contributed by atoms with Crippen LogP contribution in [-0.2, 0) is 0 Å². The van der Waals surface area contributed by atoms with Crippen LogP contribution in [0.5, 0.6) is 0 Å². The molecule has 1 saturated carbocycles. The first-order valence-electron chi connectivity index (χ1n) is 6.22. The number of aliphatic hydroxyl groups is 2. The molecule has 5 heteroatoms. The van der Waals surface area contributed by atoms with Crippen LogP contribution in [0.4, 0.5) is 0 Å².